The first kappa shape index (κ1) is 13.4. The van der Waals surface area contributed by atoms with Crippen LogP contribution in [0.1, 0.15) is 26.7 Å². The molecule has 92 valence electrons. The Kier molecular flexibility index (Phi) is 5.15. The number of hydrogen-bond donors (Lipinski definition) is 2. The molecule has 16 heavy (non-hydrogen) atoms. The molecule has 5 heteroatoms. The van der Waals surface area contributed by atoms with E-state index in [1.165, 1.54) is 0 Å². The van der Waals surface area contributed by atoms with E-state index in [0.717, 1.165) is 25.9 Å². The normalized spacial score (nSPS) is 22.1. The first-order valence-corrected chi connectivity index (χ1v) is 6.21. The van der Waals surface area contributed by atoms with Crippen molar-refractivity contribution in [2.45, 2.75) is 32.7 Å². The van der Waals surface area contributed by atoms with Crippen LogP contribution in [0.25, 0.3) is 0 Å². The van der Waals surface area contributed by atoms with Gasteiger partial charge in [0.2, 0.25) is 5.91 Å². The van der Waals surface area contributed by atoms with Crippen molar-refractivity contribution in [3.05, 3.63) is 0 Å². The van der Waals surface area contributed by atoms with Crippen LogP contribution < -0.4 is 11.1 Å². The van der Waals surface area contributed by atoms with E-state index < -0.39 is 0 Å². The van der Waals surface area contributed by atoms with Gasteiger partial charge in [-0.25, -0.2) is 0 Å². The highest BCUT2D eigenvalue weighted by Gasteiger charge is 2.23. The zero-order valence-corrected chi connectivity index (χ0v) is 10.8. The second kappa shape index (κ2) is 6.15. The summed E-state index contributed by atoms with van der Waals surface area (Å²) < 4.78 is 0. The lowest BCUT2D eigenvalue weighted by Gasteiger charge is -2.31. The van der Waals surface area contributed by atoms with Gasteiger partial charge in [0.1, 0.15) is 0 Å². The largest absolute Gasteiger partial charge is 0.393 e. The summed E-state index contributed by atoms with van der Waals surface area (Å²) in [4.78, 5) is 14.3. The van der Waals surface area contributed by atoms with Crippen LogP contribution in [0.5, 0.6) is 0 Å². The number of nitrogens with two attached hydrogens (primary N) is 1. The Morgan fingerprint density at radius 1 is 1.62 bits per heavy atom. The van der Waals surface area contributed by atoms with Gasteiger partial charge in [0.15, 0.2) is 0 Å². The topological polar surface area (TPSA) is 58.4 Å². The predicted molar refractivity (Wildman–Crippen MR) is 69.2 cm³/mol. The molecule has 1 aliphatic heterocycles. The number of carbonyl (C=O) groups excluding carboxylic acids is 1. The SMILES string of the molecule is CC(C)NC(=O)CN1CCCC(C(N)=S)C1. The summed E-state index contributed by atoms with van der Waals surface area (Å²) in [5, 5.41) is 2.89. The van der Waals surface area contributed by atoms with Gasteiger partial charge in [-0.1, -0.05) is 12.2 Å². The highest BCUT2D eigenvalue weighted by Crippen LogP contribution is 2.16. The average Bonchev–Trinajstić information content (AvgIpc) is 2.16. The van der Waals surface area contributed by atoms with Crippen LogP contribution >= 0.6 is 12.2 Å². The van der Waals surface area contributed by atoms with Crippen molar-refractivity contribution in [3.63, 3.8) is 0 Å². The van der Waals surface area contributed by atoms with Crippen LogP contribution in [0.15, 0.2) is 0 Å². The summed E-state index contributed by atoms with van der Waals surface area (Å²) >= 11 is 5.00. The monoisotopic (exact) mass is 243 g/mol. The van der Waals surface area contributed by atoms with Crippen molar-refractivity contribution >= 4 is 23.1 Å². The van der Waals surface area contributed by atoms with Crippen LogP contribution in [0.2, 0.25) is 0 Å². The Balaban J connectivity index is 2.37. The van der Waals surface area contributed by atoms with Gasteiger partial charge in [0.25, 0.3) is 0 Å². The van der Waals surface area contributed by atoms with E-state index in [0.29, 0.717) is 11.5 Å². The predicted octanol–water partition coefficient (Wildman–Crippen LogP) is 0.509. The third-order valence-electron chi connectivity index (χ3n) is 2.72. The van der Waals surface area contributed by atoms with Crippen molar-refractivity contribution in [1.82, 2.24) is 10.2 Å². The fourth-order valence-electron chi connectivity index (χ4n) is 2.00. The molecule has 1 amide bonds. The van der Waals surface area contributed by atoms with Gasteiger partial charge in [0, 0.05) is 18.5 Å². The van der Waals surface area contributed by atoms with Crippen LogP contribution in [0.3, 0.4) is 0 Å². The first-order chi connectivity index (χ1) is 7.49. The van der Waals surface area contributed by atoms with E-state index >= 15 is 0 Å². The maximum Gasteiger partial charge on any atom is 0.234 e. The molecule has 1 heterocycles. The molecule has 1 fully saturated rings. The molecule has 1 aliphatic rings. The number of hydrogen-bond acceptors (Lipinski definition) is 3. The number of rotatable bonds is 4. The molecule has 0 bridgehead atoms. The standard InChI is InChI=1S/C11H21N3OS/c1-8(2)13-10(15)7-14-5-3-4-9(6-14)11(12)16/h8-9H,3-7H2,1-2H3,(H2,12,16)(H,13,15). The second-order valence-electron chi connectivity index (χ2n) is 4.70. The molecule has 1 saturated heterocycles. The second-order valence-corrected chi connectivity index (χ2v) is 5.17. The van der Waals surface area contributed by atoms with E-state index in [9.17, 15) is 4.79 Å². The molecule has 0 aliphatic carbocycles. The molecule has 0 aromatic rings. The van der Waals surface area contributed by atoms with Crippen molar-refractivity contribution in [2.75, 3.05) is 19.6 Å². The van der Waals surface area contributed by atoms with Gasteiger partial charge in [0.05, 0.1) is 11.5 Å². The minimum absolute atomic E-state index is 0.0820. The minimum Gasteiger partial charge on any atom is -0.393 e. The highest BCUT2D eigenvalue weighted by molar-refractivity contribution is 7.80. The molecule has 3 N–H and O–H groups in total. The average molecular weight is 243 g/mol. The van der Waals surface area contributed by atoms with Crippen molar-refractivity contribution in [2.24, 2.45) is 11.7 Å². The lowest BCUT2D eigenvalue weighted by atomic mass is 9.98. The number of amides is 1. The summed E-state index contributed by atoms with van der Waals surface area (Å²) in [7, 11) is 0. The molecule has 1 atom stereocenters. The van der Waals surface area contributed by atoms with Crippen LogP contribution in [-0.4, -0.2) is 41.5 Å². The Morgan fingerprint density at radius 3 is 2.88 bits per heavy atom. The third kappa shape index (κ3) is 4.45. The third-order valence-corrected chi connectivity index (χ3v) is 3.06. The molecule has 0 radical (unpaired) electrons. The molecule has 4 nitrogen and oxygen atoms in total. The smallest absolute Gasteiger partial charge is 0.234 e. The Labute approximate surface area is 103 Å². The van der Waals surface area contributed by atoms with E-state index in [4.69, 9.17) is 18.0 Å². The van der Waals surface area contributed by atoms with Gasteiger partial charge in [-0.3, -0.25) is 9.69 Å². The van der Waals surface area contributed by atoms with Gasteiger partial charge >= 0.3 is 0 Å². The zero-order chi connectivity index (χ0) is 12.1. The number of carbonyl (C=O) groups is 1. The van der Waals surface area contributed by atoms with Crippen molar-refractivity contribution in [3.8, 4) is 0 Å². The van der Waals surface area contributed by atoms with Crippen LogP contribution in [0.4, 0.5) is 0 Å². The molecule has 0 aromatic heterocycles. The molecular weight excluding hydrogens is 222 g/mol. The van der Waals surface area contributed by atoms with E-state index in [1.54, 1.807) is 0 Å². The number of thiocarbonyl (C=S) groups is 1. The number of likely N-dealkylation sites (tertiary alicyclic amines) is 1. The summed E-state index contributed by atoms with van der Waals surface area (Å²) in [6.45, 7) is 6.17. The number of nitrogens with one attached hydrogen (secondary N) is 1. The summed E-state index contributed by atoms with van der Waals surface area (Å²) in [5.74, 6) is 0.356. The Morgan fingerprint density at radius 2 is 2.31 bits per heavy atom. The van der Waals surface area contributed by atoms with Gasteiger partial charge < -0.3 is 11.1 Å². The van der Waals surface area contributed by atoms with Crippen molar-refractivity contribution in [1.29, 1.82) is 0 Å². The summed E-state index contributed by atoms with van der Waals surface area (Å²) in [6.07, 6.45) is 2.12. The fraction of sp³-hybridized carbons (Fsp3) is 0.818. The fourth-order valence-corrected chi connectivity index (χ4v) is 2.19. The number of piperidine rings is 1. The van der Waals surface area contributed by atoms with Crippen LogP contribution in [-0.2, 0) is 4.79 Å². The minimum atomic E-state index is 0.0820. The lowest BCUT2D eigenvalue weighted by Crippen LogP contribution is -2.46. The van der Waals surface area contributed by atoms with E-state index in [-0.39, 0.29) is 17.9 Å². The Bertz CT molecular complexity index is 268. The Hall–Kier alpha value is -0.680. The van der Waals surface area contributed by atoms with Gasteiger partial charge in [-0.2, -0.15) is 0 Å². The summed E-state index contributed by atoms with van der Waals surface area (Å²) in [5.41, 5.74) is 5.65. The van der Waals surface area contributed by atoms with E-state index in [2.05, 4.69) is 10.2 Å². The van der Waals surface area contributed by atoms with Crippen LogP contribution in [0, 0.1) is 5.92 Å². The van der Waals surface area contributed by atoms with Gasteiger partial charge in [-0.05, 0) is 33.2 Å². The summed E-state index contributed by atoms with van der Waals surface area (Å²) in [6, 6.07) is 0.198. The highest BCUT2D eigenvalue weighted by atomic mass is 32.1. The molecule has 1 unspecified atom stereocenters. The molecule has 0 saturated carbocycles. The first-order valence-electron chi connectivity index (χ1n) is 5.80. The maximum atomic E-state index is 11.6. The molecular formula is C11H21N3OS. The number of nitrogens with zero attached hydrogens (tertiary/aromatic N) is 1. The van der Waals surface area contributed by atoms with Gasteiger partial charge in [-0.15, -0.1) is 0 Å². The quantitative estimate of drug-likeness (QED) is 0.706. The molecule has 0 aromatic carbocycles. The molecule has 0 spiro atoms. The van der Waals surface area contributed by atoms with E-state index in [1.807, 2.05) is 13.8 Å². The zero-order valence-electron chi connectivity index (χ0n) is 10.0. The molecule has 1 rings (SSSR count). The van der Waals surface area contributed by atoms with Crippen molar-refractivity contribution < 1.29 is 4.79 Å². The lowest BCUT2D eigenvalue weighted by molar-refractivity contribution is -0.123. The maximum absolute atomic E-state index is 11.6.